The Morgan fingerprint density at radius 1 is 0.690 bits per heavy atom. The van der Waals surface area contributed by atoms with Gasteiger partial charge in [0.25, 0.3) is 0 Å². The zero-order valence-electron chi connectivity index (χ0n) is 19.6. The number of ether oxygens (including phenoxy) is 2. The molecule has 0 radical (unpaired) electrons. The van der Waals surface area contributed by atoms with Crippen molar-refractivity contribution in [1.29, 1.82) is 0 Å². The van der Waals surface area contributed by atoms with E-state index in [2.05, 4.69) is 13.0 Å². The van der Waals surface area contributed by atoms with Crippen LogP contribution in [0.15, 0.2) is 11.6 Å². The van der Waals surface area contributed by atoms with Crippen molar-refractivity contribution in [1.82, 2.24) is 0 Å². The summed E-state index contributed by atoms with van der Waals surface area (Å²) in [6.45, 7) is 8.28. The Hall–Kier alpha value is -1.32. The zero-order chi connectivity index (χ0) is 21.7. The number of hydrogen-bond donors (Lipinski definition) is 0. The Balaban J connectivity index is 3.88. The van der Waals surface area contributed by atoms with Crippen molar-refractivity contribution in [2.45, 2.75) is 118 Å². The van der Waals surface area contributed by atoms with Crippen LogP contribution < -0.4 is 0 Å². The number of esters is 2. The van der Waals surface area contributed by atoms with Gasteiger partial charge in [-0.05, 0) is 40.0 Å². The molecule has 0 rings (SSSR count). The van der Waals surface area contributed by atoms with Crippen molar-refractivity contribution in [3.8, 4) is 0 Å². The van der Waals surface area contributed by atoms with E-state index in [-0.39, 0.29) is 13.2 Å². The molecule has 0 aromatic rings. The van der Waals surface area contributed by atoms with Crippen LogP contribution in [0.5, 0.6) is 0 Å². The molecule has 0 unspecified atom stereocenters. The summed E-state index contributed by atoms with van der Waals surface area (Å²) in [4.78, 5) is 24.1. The maximum atomic E-state index is 12.0. The van der Waals surface area contributed by atoms with E-state index in [0.717, 1.165) is 18.4 Å². The molecule has 0 saturated carbocycles. The van der Waals surface area contributed by atoms with E-state index in [4.69, 9.17) is 9.47 Å². The first-order chi connectivity index (χ1) is 14.1. The number of carbonyl (C=O) groups excluding carboxylic acids is 2. The third-order valence-corrected chi connectivity index (χ3v) is 5.22. The first-order valence-electron chi connectivity index (χ1n) is 12.1. The fraction of sp³-hybridized carbons (Fsp3) is 0.840. The molecule has 4 nitrogen and oxygen atoms in total. The summed E-state index contributed by atoms with van der Waals surface area (Å²) in [6.07, 6.45) is 19.7. The largest absolute Gasteiger partial charge is 0.465 e. The quantitative estimate of drug-likeness (QED) is 0.0981. The summed E-state index contributed by atoms with van der Waals surface area (Å²) in [6, 6.07) is 0. The van der Waals surface area contributed by atoms with Gasteiger partial charge in [-0.2, -0.15) is 0 Å². The number of hydrogen-bond acceptors (Lipinski definition) is 4. The van der Waals surface area contributed by atoms with Crippen molar-refractivity contribution in [3.05, 3.63) is 11.6 Å². The van der Waals surface area contributed by atoms with Gasteiger partial charge in [-0.3, -0.25) is 9.59 Å². The molecule has 29 heavy (non-hydrogen) atoms. The van der Waals surface area contributed by atoms with Crippen LogP contribution in [0.4, 0.5) is 0 Å². The SMILES string of the molecule is CCCCCCCCCCCCCC/C=C(\C)CC(C(=O)OCC)C(=O)OCC. The number of unbranched alkanes of at least 4 members (excludes halogenated alkanes) is 12. The summed E-state index contributed by atoms with van der Waals surface area (Å²) in [5.74, 6) is -1.80. The second-order valence-corrected chi connectivity index (χ2v) is 7.99. The topological polar surface area (TPSA) is 52.6 Å². The highest BCUT2D eigenvalue weighted by molar-refractivity contribution is 5.95. The van der Waals surface area contributed by atoms with Crippen LogP contribution in [-0.4, -0.2) is 25.2 Å². The van der Waals surface area contributed by atoms with E-state index in [9.17, 15) is 9.59 Å². The van der Waals surface area contributed by atoms with Gasteiger partial charge in [0.05, 0.1) is 13.2 Å². The van der Waals surface area contributed by atoms with Gasteiger partial charge in [0, 0.05) is 0 Å². The third-order valence-electron chi connectivity index (χ3n) is 5.22. The van der Waals surface area contributed by atoms with Crippen molar-refractivity contribution in [2.75, 3.05) is 13.2 Å². The predicted molar refractivity (Wildman–Crippen MR) is 121 cm³/mol. The standard InChI is InChI=1S/C25H46O4/c1-5-8-9-10-11-12-13-14-15-16-17-18-19-20-22(4)21-23(24(26)28-6-2)25(27)29-7-3/h20,23H,5-19,21H2,1-4H3/b22-20+. The Labute approximate surface area is 179 Å². The van der Waals surface area contributed by atoms with Crippen LogP contribution in [0.25, 0.3) is 0 Å². The van der Waals surface area contributed by atoms with Crippen LogP contribution in [0.2, 0.25) is 0 Å². The lowest BCUT2D eigenvalue weighted by molar-refractivity contribution is -0.161. The van der Waals surface area contributed by atoms with Crippen molar-refractivity contribution in [3.63, 3.8) is 0 Å². The predicted octanol–water partition coefficient (Wildman–Crippen LogP) is 7.16. The van der Waals surface area contributed by atoms with Gasteiger partial charge in [0.15, 0.2) is 5.92 Å². The highest BCUT2D eigenvalue weighted by Gasteiger charge is 2.29. The number of allylic oxidation sites excluding steroid dienone is 2. The van der Waals surface area contributed by atoms with Gasteiger partial charge in [-0.1, -0.05) is 89.2 Å². The summed E-state index contributed by atoms with van der Waals surface area (Å²) in [5, 5.41) is 0. The van der Waals surface area contributed by atoms with E-state index < -0.39 is 17.9 Å². The fourth-order valence-electron chi connectivity index (χ4n) is 3.49. The molecular formula is C25H46O4. The average Bonchev–Trinajstić information content (AvgIpc) is 2.70. The highest BCUT2D eigenvalue weighted by Crippen LogP contribution is 2.18. The minimum atomic E-state index is -0.840. The van der Waals surface area contributed by atoms with Gasteiger partial charge in [0.2, 0.25) is 0 Å². The molecule has 0 fully saturated rings. The summed E-state index contributed by atoms with van der Waals surface area (Å²) in [7, 11) is 0. The maximum Gasteiger partial charge on any atom is 0.320 e. The normalized spacial score (nSPS) is 11.7. The molecule has 0 aromatic heterocycles. The van der Waals surface area contributed by atoms with Gasteiger partial charge in [-0.15, -0.1) is 0 Å². The van der Waals surface area contributed by atoms with E-state index in [1.54, 1.807) is 13.8 Å². The highest BCUT2D eigenvalue weighted by atomic mass is 16.6. The maximum absolute atomic E-state index is 12.0. The second-order valence-electron chi connectivity index (χ2n) is 7.99. The monoisotopic (exact) mass is 410 g/mol. The molecule has 0 aromatic carbocycles. The van der Waals surface area contributed by atoms with E-state index >= 15 is 0 Å². The molecule has 0 aliphatic rings. The molecule has 0 bridgehead atoms. The lowest BCUT2D eigenvalue weighted by atomic mass is 9.99. The molecule has 0 amide bonds. The summed E-state index contributed by atoms with van der Waals surface area (Å²) in [5.41, 5.74) is 1.05. The lowest BCUT2D eigenvalue weighted by Crippen LogP contribution is -2.28. The van der Waals surface area contributed by atoms with Crippen LogP contribution in [0.3, 0.4) is 0 Å². The Bertz CT molecular complexity index is 424. The first-order valence-corrected chi connectivity index (χ1v) is 12.1. The Morgan fingerprint density at radius 3 is 1.52 bits per heavy atom. The molecule has 170 valence electrons. The fourth-order valence-corrected chi connectivity index (χ4v) is 3.49. The summed E-state index contributed by atoms with van der Waals surface area (Å²) >= 11 is 0. The molecule has 0 spiro atoms. The Kier molecular flexibility index (Phi) is 19.1. The van der Waals surface area contributed by atoms with Gasteiger partial charge >= 0.3 is 11.9 Å². The molecule has 4 heteroatoms. The van der Waals surface area contributed by atoms with Gasteiger partial charge in [0.1, 0.15) is 0 Å². The van der Waals surface area contributed by atoms with E-state index in [1.807, 2.05) is 6.92 Å². The first kappa shape index (κ1) is 27.7. The molecule has 0 heterocycles. The lowest BCUT2D eigenvalue weighted by Gasteiger charge is -2.14. The van der Waals surface area contributed by atoms with Crippen LogP contribution in [0.1, 0.15) is 118 Å². The molecule has 0 atom stereocenters. The van der Waals surface area contributed by atoms with E-state index in [1.165, 1.54) is 70.6 Å². The third kappa shape index (κ3) is 16.2. The number of carbonyl (C=O) groups is 2. The molecule has 0 aliphatic carbocycles. The van der Waals surface area contributed by atoms with Crippen molar-refractivity contribution in [2.24, 2.45) is 5.92 Å². The molecule has 0 saturated heterocycles. The van der Waals surface area contributed by atoms with Crippen LogP contribution in [0, 0.1) is 5.92 Å². The van der Waals surface area contributed by atoms with Crippen molar-refractivity contribution < 1.29 is 19.1 Å². The minimum absolute atomic E-state index is 0.274. The second kappa shape index (κ2) is 20.0. The van der Waals surface area contributed by atoms with Crippen LogP contribution in [-0.2, 0) is 19.1 Å². The van der Waals surface area contributed by atoms with Gasteiger partial charge in [-0.25, -0.2) is 0 Å². The molecule has 0 aliphatic heterocycles. The van der Waals surface area contributed by atoms with E-state index in [0.29, 0.717) is 6.42 Å². The molecular weight excluding hydrogens is 364 g/mol. The van der Waals surface area contributed by atoms with Gasteiger partial charge < -0.3 is 9.47 Å². The minimum Gasteiger partial charge on any atom is -0.465 e. The van der Waals surface area contributed by atoms with Crippen LogP contribution >= 0.6 is 0 Å². The Morgan fingerprint density at radius 2 is 1.10 bits per heavy atom. The average molecular weight is 411 g/mol. The number of rotatable bonds is 19. The molecule has 0 N–H and O–H groups in total. The smallest absolute Gasteiger partial charge is 0.320 e. The summed E-state index contributed by atoms with van der Waals surface area (Å²) < 4.78 is 10.1. The van der Waals surface area contributed by atoms with Crippen molar-refractivity contribution >= 4 is 11.9 Å². The zero-order valence-corrected chi connectivity index (χ0v) is 19.6.